The number of carbonyl (C=O) groups excluding carboxylic acids is 1. The van der Waals surface area contributed by atoms with Crippen LogP contribution >= 0.6 is 0 Å². The summed E-state index contributed by atoms with van der Waals surface area (Å²) >= 11 is 0. The Bertz CT molecular complexity index is 492. The SMILES string of the molecule is COC(=O)C12CNCCC1=Cc1[nH]ncc1C2. The van der Waals surface area contributed by atoms with Crippen LogP contribution in [0.1, 0.15) is 17.7 Å². The monoisotopic (exact) mass is 233 g/mol. The van der Waals surface area contributed by atoms with E-state index in [0.717, 1.165) is 29.8 Å². The number of nitrogens with one attached hydrogen (secondary N) is 2. The molecule has 3 rings (SSSR count). The lowest BCUT2D eigenvalue weighted by molar-refractivity contribution is -0.150. The van der Waals surface area contributed by atoms with Crippen molar-refractivity contribution >= 4 is 12.0 Å². The smallest absolute Gasteiger partial charge is 0.317 e. The number of aromatic amines is 1. The molecular formula is C12H15N3O2. The fraction of sp³-hybridized carbons (Fsp3) is 0.500. The zero-order chi connectivity index (χ0) is 11.9. The number of hydrogen-bond acceptors (Lipinski definition) is 4. The number of H-pyrrole nitrogens is 1. The van der Waals surface area contributed by atoms with Gasteiger partial charge in [0.05, 0.1) is 19.0 Å². The maximum Gasteiger partial charge on any atom is 0.317 e. The maximum atomic E-state index is 12.1. The van der Waals surface area contributed by atoms with E-state index >= 15 is 0 Å². The number of piperidine rings is 1. The Balaban J connectivity index is 2.09. The van der Waals surface area contributed by atoms with Gasteiger partial charge in [0.2, 0.25) is 0 Å². The Morgan fingerprint density at radius 3 is 3.29 bits per heavy atom. The van der Waals surface area contributed by atoms with Gasteiger partial charge in [-0.2, -0.15) is 5.10 Å². The summed E-state index contributed by atoms with van der Waals surface area (Å²) in [7, 11) is 1.45. The van der Waals surface area contributed by atoms with Gasteiger partial charge in [0, 0.05) is 6.54 Å². The third-order valence-corrected chi connectivity index (χ3v) is 3.75. The number of hydrogen-bond donors (Lipinski definition) is 2. The molecule has 1 aliphatic heterocycles. The Labute approximate surface area is 99.2 Å². The normalized spacial score (nSPS) is 26.8. The first-order chi connectivity index (χ1) is 8.26. The average molecular weight is 233 g/mol. The van der Waals surface area contributed by atoms with Crippen molar-refractivity contribution in [2.24, 2.45) is 5.41 Å². The molecule has 0 radical (unpaired) electrons. The molecule has 5 nitrogen and oxygen atoms in total. The third-order valence-electron chi connectivity index (χ3n) is 3.75. The molecule has 1 atom stereocenters. The van der Waals surface area contributed by atoms with Crippen molar-refractivity contribution in [2.45, 2.75) is 12.8 Å². The molecule has 1 aliphatic carbocycles. The van der Waals surface area contributed by atoms with Crippen LogP contribution in [0.4, 0.5) is 0 Å². The van der Waals surface area contributed by atoms with Crippen LogP contribution in [0, 0.1) is 5.41 Å². The van der Waals surface area contributed by atoms with Gasteiger partial charge < -0.3 is 10.1 Å². The molecular weight excluding hydrogens is 218 g/mol. The zero-order valence-corrected chi connectivity index (χ0v) is 9.75. The van der Waals surface area contributed by atoms with Crippen LogP contribution in [0.15, 0.2) is 11.8 Å². The highest BCUT2D eigenvalue weighted by atomic mass is 16.5. The minimum Gasteiger partial charge on any atom is -0.468 e. The van der Waals surface area contributed by atoms with Crippen molar-refractivity contribution in [3.8, 4) is 0 Å². The van der Waals surface area contributed by atoms with Crippen molar-refractivity contribution in [3.63, 3.8) is 0 Å². The van der Waals surface area contributed by atoms with E-state index in [2.05, 4.69) is 21.6 Å². The fourth-order valence-corrected chi connectivity index (χ4v) is 2.82. The van der Waals surface area contributed by atoms with Crippen LogP contribution in [0.2, 0.25) is 0 Å². The van der Waals surface area contributed by atoms with Gasteiger partial charge in [0.25, 0.3) is 0 Å². The summed E-state index contributed by atoms with van der Waals surface area (Å²) in [5.74, 6) is -0.150. The number of rotatable bonds is 1. The summed E-state index contributed by atoms with van der Waals surface area (Å²) in [6.07, 6.45) is 5.41. The molecule has 1 saturated heterocycles. The van der Waals surface area contributed by atoms with E-state index in [4.69, 9.17) is 4.74 Å². The van der Waals surface area contributed by atoms with Gasteiger partial charge in [0.1, 0.15) is 5.41 Å². The highest BCUT2D eigenvalue weighted by Gasteiger charge is 2.47. The van der Waals surface area contributed by atoms with Gasteiger partial charge in [-0.05, 0) is 36.6 Å². The van der Waals surface area contributed by atoms with Gasteiger partial charge in [-0.25, -0.2) is 0 Å². The predicted octanol–water partition coefficient (Wildman–Crippen LogP) is 0.502. The number of esters is 1. The van der Waals surface area contributed by atoms with Crippen LogP contribution in [-0.2, 0) is 16.0 Å². The van der Waals surface area contributed by atoms with Crippen molar-refractivity contribution in [3.05, 3.63) is 23.0 Å². The fourth-order valence-electron chi connectivity index (χ4n) is 2.82. The Hall–Kier alpha value is -1.62. The number of carbonyl (C=O) groups is 1. The summed E-state index contributed by atoms with van der Waals surface area (Å²) in [4.78, 5) is 12.1. The first kappa shape index (κ1) is 10.5. The van der Waals surface area contributed by atoms with Crippen LogP contribution in [-0.4, -0.2) is 36.4 Å². The summed E-state index contributed by atoms with van der Waals surface area (Å²) in [5, 5.41) is 10.3. The molecule has 1 fully saturated rings. The molecule has 2 N–H and O–H groups in total. The number of nitrogens with zero attached hydrogens (tertiary/aromatic N) is 1. The lowest BCUT2D eigenvalue weighted by Crippen LogP contribution is -2.50. The van der Waals surface area contributed by atoms with E-state index in [1.54, 1.807) is 6.20 Å². The molecule has 0 amide bonds. The second-order valence-corrected chi connectivity index (χ2v) is 4.66. The van der Waals surface area contributed by atoms with Gasteiger partial charge in [-0.1, -0.05) is 0 Å². The minimum atomic E-state index is -0.524. The Morgan fingerprint density at radius 1 is 1.59 bits per heavy atom. The summed E-state index contributed by atoms with van der Waals surface area (Å²) < 4.78 is 4.99. The molecule has 1 aromatic heterocycles. The van der Waals surface area contributed by atoms with Crippen LogP contribution in [0.25, 0.3) is 6.08 Å². The quantitative estimate of drug-likeness (QED) is 0.693. The number of fused-ring (bicyclic) bond motifs is 2. The van der Waals surface area contributed by atoms with Crippen LogP contribution in [0.5, 0.6) is 0 Å². The van der Waals surface area contributed by atoms with Crippen LogP contribution < -0.4 is 5.32 Å². The standard InChI is InChI=1S/C12H15N3O2/c1-17-11(16)12-5-8-6-14-15-10(8)4-9(12)2-3-13-7-12/h4,6,13H,2-3,5,7H2,1H3,(H,14,15). The molecule has 5 heteroatoms. The van der Waals surface area contributed by atoms with E-state index < -0.39 is 5.41 Å². The van der Waals surface area contributed by atoms with E-state index in [1.165, 1.54) is 7.11 Å². The molecule has 0 spiro atoms. The molecule has 2 aliphatic rings. The van der Waals surface area contributed by atoms with Crippen molar-refractivity contribution in [1.29, 1.82) is 0 Å². The first-order valence-electron chi connectivity index (χ1n) is 5.79. The molecule has 17 heavy (non-hydrogen) atoms. The van der Waals surface area contributed by atoms with Gasteiger partial charge in [-0.15, -0.1) is 0 Å². The molecule has 1 unspecified atom stereocenters. The molecule has 1 aromatic rings. The van der Waals surface area contributed by atoms with Crippen LogP contribution in [0.3, 0.4) is 0 Å². The molecule has 0 saturated carbocycles. The molecule has 0 bridgehead atoms. The summed E-state index contributed by atoms with van der Waals surface area (Å²) in [6, 6.07) is 0. The van der Waals surface area contributed by atoms with E-state index in [9.17, 15) is 4.79 Å². The van der Waals surface area contributed by atoms with Gasteiger partial charge in [-0.3, -0.25) is 9.89 Å². The van der Waals surface area contributed by atoms with Crippen molar-refractivity contribution in [1.82, 2.24) is 15.5 Å². The van der Waals surface area contributed by atoms with Crippen molar-refractivity contribution < 1.29 is 9.53 Å². The minimum absolute atomic E-state index is 0.150. The average Bonchev–Trinajstić information content (AvgIpc) is 2.81. The zero-order valence-electron chi connectivity index (χ0n) is 9.75. The Morgan fingerprint density at radius 2 is 2.47 bits per heavy atom. The molecule has 2 heterocycles. The lowest BCUT2D eigenvalue weighted by atomic mass is 9.69. The second-order valence-electron chi connectivity index (χ2n) is 4.66. The first-order valence-corrected chi connectivity index (χ1v) is 5.79. The third kappa shape index (κ3) is 1.42. The summed E-state index contributed by atoms with van der Waals surface area (Å²) in [5.41, 5.74) is 2.74. The Kier molecular flexibility index (Phi) is 2.29. The molecule has 0 aromatic carbocycles. The molecule has 90 valence electrons. The van der Waals surface area contributed by atoms with E-state index in [1.807, 2.05) is 0 Å². The largest absolute Gasteiger partial charge is 0.468 e. The maximum absolute atomic E-state index is 12.1. The van der Waals surface area contributed by atoms with E-state index in [-0.39, 0.29) is 5.97 Å². The number of ether oxygens (including phenoxy) is 1. The predicted molar refractivity (Wildman–Crippen MR) is 62.2 cm³/mol. The second kappa shape index (κ2) is 3.70. The topological polar surface area (TPSA) is 67.0 Å². The highest BCUT2D eigenvalue weighted by molar-refractivity contribution is 5.85. The number of methoxy groups -OCH3 is 1. The summed E-state index contributed by atoms with van der Waals surface area (Å²) in [6.45, 7) is 1.56. The van der Waals surface area contributed by atoms with Gasteiger partial charge >= 0.3 is 5.97 Å². The van der Waals surface area contributed by atoms with Crippen molar-refractivity contribution in [2.75, 3.05) is 20.2 Å². The van der Waals surface area contributed by atoms with Gasteiger partial charge in [0.15, 0.2) is 0 Å². The number of aromatic nitrogens is 2. The highest BCUT2D eigenvalue weighted by Crippen LogP contribution is 2.41. The lowest BCUT2D eigenvalue weighted by Gasteiger charge is -2.39. The van der Waals surface area contributed by atoms with E-state index in [0.29, 0.717) is 13.0 Å².